The minimum Gasteiger partial charge on any atom is -0.357 e. The molecule has 3 nitrogen and oxygen atoms in total. The van der Waals surface area contributed by atoms with Crippen LogP contribution >= 0.6 is 0 Å². The molecule has 3 heteroatoms. The standard InChI is InChI=1S/C18H33N3/c1-7-15(6)13-21(9-3)18-11-16(12-19-8-2)10-17(20-18)14(4)5/h10-11,14-15,19H,7-9,12-13H2,1-6H3. The Hall–Kier alpha value is -1.09. The number of hydrogen-bond donors (Lipinski definition) is 1. The molecular weight excluding hydrogens is 258 g/mol. The summed E-state index contributed by atoms with van der Waals surface area (Å²) in [5.74, 6) is 2.30. The van der Waals surface area contributed by atoms with E-state index in [1.807, 2.05) is 0 Å². The van der Waals surface area contributed by atoms with Gasteiger partial charge in [-0.25, -0.2) is 4.98 Å². The lowest BCUT2D eigenvalue weighted by molar-refractivity contribution is 0.544. The lowest BCUT2D eigenvalue weighted by Crippen LogP contribution is -2.29. The molecule has 0 aliphatic carbocycles. The molecule has 1 N–H and O–H groups in total. The third kappa shape index (κ3) is 5.66. The van der Waals surface area contributed by atoms with Gasteiger partial charge in [0.2, 0.25) is 0 Å². The molecule has 1 aromatic heterocycles. The molecule has 0 saturated carbocycles. The van der Waals surface area contributed by atoms with Crippen LogP contribution in [0.4, 0.5) is 5.82 Å². The Kier molecular flexibility index (Phi) is 7.73. The fourth-order valence-corrected chi connectivity index (χ4v) is 2.31. The Morgan fingerprint density at radius 1 is 1.14 bits per heavy atom. The van der Waals surface area contributed by atoms with Crippen LogP contribution in [0.1, 0.15) is 65.1 Å². The van der Waals surface area contributed by atoms with E-state index < -0.39 is 0 Å². The molecule has 0 radical (unpaired) electrons. The molecule has 1 atom stereocenters. The van der Waals surface area contributed by atoms with Crippen molar-refractivity contribution in [2.45, 2.75) is 60.4 Å². The minimum atomic E-state index is 0.465. The lowest BCUT2D eigenvalue weighted by Gasteiger charge is -2.26. The second-order valence-corrected chi connectivity index (χ2v) is 6.25. The van der Waals surface area contributed by atoms with Crippen molar-refractivity contribution in [3.05, 3.63) is 23.4 Å². The second-order valence-electron chi connectivity index (χ2n) is 6.25. The zero-order valence-corrected chi connectivity index (χ0v) is 14.7. The van der Waals surface area contributed by atoms with Crippen LogP contribution in [0.2, 0.25) is 0 Å². The zero-order chi connectivity index (χ0) is 15.8. The van der Waals surface area contributed by atoms with Crippen LogP contribution in [0.15, 0.2) is 12.1 Å². The average molecular weight is 291 g/mol. The highest BCUT2D eigenvalue weighted by Crippen LogP contribution is 2.21. The van der Waals surface area contributed by atoms with Crippen molar-refractivity contribution in [3.8, 4) is 0 Å². The summed E-state index contributed by atoms with van der Waals surface area (Å²) in [5.41, 5.74) is 2.54. The van der Waals surface area contributed by atoms with Gasteiger partial charge in [0.15, 0.2) is 0 Å². The van der Waals surface area contributed by atoms with Crippen molar-refractivity contribution < 1.29 is 0 Å². The fraction of sp³-hybridized carbons (Fsp3) is 0.722. The van der Waals surface area contributed by atoms with Crippen LogP contribution in [0.3, 0.4) is 0 Å². The first-order valence-electron chi connectivity index (χ1n) is 8.48. The highest BCUT2D eigenvalue weighted by Gasteiger charge is 2.13. The van der Waals surface area contributed by atoms with Gasteiger partial charge in [-0.05, 0) is 43.0 Å². The number of anilines is 1. The maximum atomic E-state index is 4.90. The first-order chi connectivity index (χ1) is 10.0. The Balaban J connectivity index is 3.04. The van der Waals surface area contributed by atoms with E-state index in [0.29, 0.717) is 11.8 Å². The van der Waals surface area contributed by atoms with Gasteiger partial charge in [0, 0.05) is 25.3 Å². The van der Waals surface area contributed by atoms with E-state index in [-0.39, 0.29) is 0 Å². The summed E-state index contributed by atoms with van der Waals surface area (Å²) >= 11 is 0. The van der Waals surface area contributed by atoms with Crippen molar-refractivity contribution >= 4 is 5.82 Å². The Labute approximate surface area is 131 Å². The normalized spacial score (nSPS) is 12.7. The van der Waals surface area contributed by atoms with Crippen molar-refractivity contribution in [3.63, 3.8) is 0 Å². The molecule has 0 bridgehead atoms. The average Bonchev–Trinajstić information content (AvgIpc) is 2.49. The van der Waals surface area contributed by atoms with E-state index in [2.05, 4.69) is 63.9 Å². The molecule has 0 aliphatic heterocycles. The SMILES string of the molecule is CCNCc1cc(C(C)C)nc(N(CC)CC(C)CC)c1. The van der Waals surface area contributed by atoms with Gasteiger partial charge in [-0.2, -0.15) is 0 Å². The van der Waals surface area contributed by atoms with E-state index in [9.17, 15) is 0 Å². The van der Waals surface area contributed by atoms with Gasteiger partial charge in [-0.3, -0.25) is 0 Å². The van der Waals surface area contributed by atoms with Crippen LogP contribution in [-0.4, -0.2) is 24.6 Å². The van der Waals surface area contributed by atoms with E-state index in [0.717, 1.165) is 32.0 Å². The lowest BCUT2D eigenvalue weighted by atomic mass is 10.1. The van der Waals surface area contributed by atoms with Crippen LogP contribution in [-0.2, 0) is 6.54 Å². The van der Waals surface area contributed by atoms with Crippen molar-refractivity contribution in [1.29, 1.82) is 0 Å². The van der Waals surface area contributed by atoms with E-state index in [1.54, 1.807) is 0 Å². The first-order valence-corrected chi connectivity index (χ1v) is 8.48. The van der Waals surface area contributed by atoms with Crippen LogP contribution < -0.4 is 10.2 Å². The largest absolute Gasteiger partial charge is 0.357 e. The van der Waals surface area contributed by atoms with Gasteiger partial charge in [0.1, 0.15) is 5.82 Å². The summed E-state index contributed by atoms with van der Waals surface area (Å²) in [5, 5.41) is 3.42. The van der Waals surface area contributed by atoms with Crippen molar-refractivity contribution in [2.75, 3.05) is 24.5 Å². The van der Waals surface area contributed by atoms with E-state index in [4.69, 9.17) is 4.98 Å². The van der Waals surface area contributed by atoms with Gasteiger partial charge >= 0.3 is 0 Å². The quantitative estimate of drug-likeness (QED) is 0.739. The van der Waals surface area contributed by atoms with Crippen LogP contribution in [0.25, 0.3) is 0 Å². The summed E-state index contributed by atoms with van der Waals surface area (Å²) in [6.45, 7) is 17.4. The van der Waals surface area contributed by atoms with Gasteiger partial charge in [-0.15, -0.1) is 0 Å². The number of nitrogens with one attached hydrogen (secondary N) is 1. The number of hydrogen-bond acceptors (Lipinski definition) is 3. The molecule has 0 fully saturated rings. The molecule has 1 unspecified atom stereocenters. The van der Waals surface area contributed by atoms with Gasteiger partial charge < -0.3 is 10.2 Å². The van der Waals surface area contributed by atoms with Gasteiger partial charge in [0.25, 0.3) is 0 Å². The summed E-state index contributed by atoms with van der Waals surface area (Å²) in [6, 6.07) is 4.49. The van der Waals surface area contributed by atoms with Crippen LogP contribution in [0.5, 0.6) is 0 Å². The number of rotatable bonds is 9. The smallest absolute Gasteiger partial charge is 0.129 e. The number of aromatic nitrogens is 1. The van der Waals surface area contributed by atoms with Gasteiger partial charge in [-0.1, -0.05) is 41.0 Å². The maximum absolute atomic E-state index is 4.90. The third-order valence-corrected chi connectivity index (χ3v) is 4.00. The van der Waals surface area contributed by atoms with E-state index >= 15 is 0 Å². The first kappa shape index (κ1) is 18.0. The molecule has 1 heterocycles. The second kappa shape index (κ2) is 9.04. The summed E-state index contributed by atoms with van der Waals surface area (Å²) in [6.07, 6.45) is 1.21. The maximum Gasteiger partial charge on any atom is 0.129 e. The molecule has 1 rings (SSSR count). The summed E-state index contributed by atoms with van der Waals surface area (Å²) in [4.78, 5) is 7.31. The Bertz CT molecular complexity index is 415. The van der Waals surface area contributed by atoms with Crippen molar-refractivity contribution in [2.24, 2.45) is 5.92 Å². The molecular formula is C18H33N3. The minimum absolute atomic E-state index is 0.465. The summed E-state index contributed by atoms with van der Waals surface area (Å²) < 4.78 is 0. The van der Waals surface area contributed by atoms with E-state index in [1.165, 1.54) is 17.7 Å². The predicted molar refractivity (Wildman–Crippen MR) is 93.0 cm³/mol. The molecule has 21 heavy (non-hydrogen) atoms. The topological polar surface area (TPSA) is 28.2 Å². The zero-order valence-electron chi connectivity index (χ0n) is 14.7. The predicted octanol–water partition coefficient (Wildman–Crippen LogP) is 4.19. The molecule has 0 aromatic carbocycles. The summed E-state index contributed by atoms with van der Waals surface area (Å²) in [7, 11) is 0. The van der Waals surface area contributed by atoms with Gasteiger partial charge in [0.05, 0.1) is 0 Å². The van der Waals surface area contributed by atoms with Crippen LogP contribution in [0, 0.1) is 5.92 Å². The Morgan fingerprint density at radius 2 is 1.86 bits per heavy atom. The molecule has 0 spiro atoms. The fourth-order valence-electron chi connectivity index (χ4n) is 2.31. The molecule has 120 valence electrons. The number of nitrogens with zero attached hydrogens (tertiary/aromatic N) is 2. The molecule has 0 saturated heterocycles. The molecule has 0 amide bonds. The number of pyridine rings is 1. The third-order valence-electron chi connectivity index (χ3n) is 4.00. The monoisotopic (exact) mass is 291 g/mol. The Morgan fingerprint density at radius 3 is 2.38 bits per heavy atom. The highest BCUT2D eigenvalue weighted by atomic mass is 15.2. The highest BCUT2D eigenvalue weighted by molar-refractivity contribution is 5.43. The van der Waals surface area contributed by atoms with Crippen molar-refractivity contribution in [1.82, 2.24) is 10.3 Å². The molecule has 0 aliphatic rings. The molecule has 1 aromatic rings.